The number of nitrogens with zero attached hydrogens (tertiary/aromatic N) is 1. The summed E-state index contributed by atoms with van der Waals surface area (Å²) in [6.07, 6.45) is 8.61. The van der Waals surface area contributed by atoms with Crippen molar-refractivity contribution in [2.75, 3.05) is 7.11 Å². The van der Waals surface area contributed by atoms with Crippen LogP contribution in [0, 0.1) is 19.8 Å². The summed E-state index contributed by atoms with van der Waals surface area (Å²) < 4.78 is 4.90. The minimum Gasteiger partial charge on any atom is -0.481 e. The van der Waals surface area contributed by atoms with Crippen molar-refractivity contribution in [1.29, 1.82) is 0 Å². The van der Waals surface area contributed by atoms with Gasteiger partial charge >= 0.3 is 11.9 Å². The Morgan fingerprint density at radius 3 is 2.34 bits per heavy atom. The maximum absolute atomic E-state index is 12.4. The zero-order valence-electron chi connectivity index (χ0n) is 26.1. The minimum atomic E-state index is -0.907. The van der Waals surface area contributed by atoms with Gasteiger partial charge in [0.05, 0.1) is 24.8 Å². The first kappa shape index (κ1) is 32.2. The molecule has 2 aromatic rings. The van der Waals surface area contributed by atoms with Crippen LogP contribution < -0.4 is 16.0 Å². The fraction of sp³-hybridized carbons (Fsp3) is 0.382. The van der Waals surface area contributed by atoms with Gasteiger partial charge in [-0.1, -0.05) is 18.7 Å². The van der Waals surface area contributed by atoms with Crippen molar-refractivity contribution >= 4 is 41.6 Å². The normalized spacial score (nSPS) is 20.1. The lowest BCUT2D eigenvalue weighted by Crippen LogP contribution is -2.30. The van der Waals surface area contributed by atoms with Crippen LogP contribution >= 0.6 is 0 Å². The average Bonchev–Trinajstić information content (AvgIpc) is 3.63. The number of hydrogen-bond donors (Lipinski definition) is 4. The number of aromatic amines is 2. The van der Waals surface area contributed by atoms with Crippen LogP contribution in [0.4, 0.5) is 0 Å². The Hall–Kier alpha value is -4.73. The molecule has 4 N–H and O–H groups in total. The largest absolute Gasteiger partial charge is 0.481 e. The third-order valence-electron chi connectivity index (χ3n) is 8.72. The van der Waals surface area contributed by atoms with Gasteiger partial charge in [-0.05, 0) is 93.0 Å². The van der Waals surface area contributed by atoms with E-state index in [4.69, 9.17) is 4.74 Å². The maximum Gasteiger partial charge on any atom is 0.305 e. The van der Waals surface area contributed by atoms with Gasteiger partial charge in [-0.15, -0.1) is 0 Å². The maximum atomic E-state index is 12.4. The molecule has 0 radical (unpaired) electrons. The Labute approximate surface area is 256 Å². The summed E-state index contributed by atoms with van der Waals surface area (Å²) in [6, 6.07) is -0.202. The molecule has 2 aliphatic heterocycles. The highest BCUT2D eigenvalue weighted by Gasteiger charge is 2.29. The third-order valence-corrected chi connectivity index (χ3v) is 8.72. The molecule has 0 saturated carbocycles. The molecule has 0 saturated heterocycles. The van der Waals surface area contributed by atoms with Gasteiger partial charge in [0, 0.05) is 46.9 Å². The number of methoxy groups -OCH3 is 1. The number of aromatic nitrogens is 2. The van der Waals surface area contributed by atoms with Crippen molar-refractivity contribution in [1.82, 2.24) is 15.3 Å². The topological polar surface area (TPSA) is 154 Å². The molecule has 0 spiro atoms. The summed E-state index contributed by atoms with van der Waals surface area (Å²) in [5, 5.41) is 13.9. The van der Waals surface area contributed by atoms with Crippen LogP contribution in [0.2, 0.25) is 0 Å². The predicted molar refractivity (Wildman–Crippen MR) is 169 cm³/mol. The molecule has 10 nitrogen and oxygen atoms in total. The molecule has 232 valence electrons. The van der Waals surface area contributed by atoms with E-state index in [9.17, 15) is 24.3 Å². The Morgan fingerprint density at radius 1 is 1.02 bits per heavy atom. The number of rotatable bonds is 11. The summed E-state index contributed by atoms with van der Waals surface area (Å²) in [4.78, 5) is 59.6. The van der Waals surface area contributed by atoms with Gasteiger partial charge in [-0.25, -0.2) is 4.99 Å². The van der Waals surface area contributed by atoms with Crippen molar-refractivity contribution in [3.8, 4) is 0 Å². The lowest BCUT2D eigenvalue weighted by atomic mass is 9.98. The highest BCUT2D eigenvalue weighted by atomic mass is 16.5. The first-order chi connectivity index (χ1) is 20.9. The number of amides is 2. The molecule has 0 aromatic carbocycles. The molecule has 44 heavy (non-hydrogen) atoms. The van der Waals surface area contributed by atoms with E-state index in [0.29, 0.717) is 30.5 Å². The molecular formula is C34H40N4O6. The Kier molecular flexibility index (Phi) is 9.71. The van der Waals surface area contributed by atoms with Crippen LogP contribution in [-0.4, -0.2) is 57.7 Å². The van der Waals surface area contributed by atoms with Gasteiger partial charge in [0.2, 0.25) is 0 Å². The van der Waals surface area contributed by atoms with E-state index >= 15 is 0 Å². The van der Waals surface area contributed by atoms with Crippen molar-refractivity contribution in [2.45, 2.75) is 72.8 Å². The molecule has 0 aliphatic carbocycles. The van der Waals surface area contributed by atoms with Crippen molar-refractivity contribution in [3.63, 3.8) is 0 Å². The summed E-state index contributed by atoms with van der Waals surface area (Å²) in [5.41, 5.74) is 8.23. The van der Waals surface area contributed by atoms with Crippen LogP contribution in [0.15, 0.2) is 40.4 Å². The zero-order valence-corrected chi connectivity index (χ0v) is 26.1. The van der Waals surface area contributed by atoms with Gasteiger partial charge < -0.3 is 25.1 Å². The van der Waals surface area contributed by atoms with E-state index in [0.717, 1.165) is 55.5 Å². The number of nitrogens with one attached hydrogen (secondary N) is 3. The van der Waals surface area contributed by atoms with Crippen LogP contribution in [0.25, 0.3) is 12.2 Å². The number of carbonyl (C=O) groups is 4. The van der Waals surface area contributed by atoms with Crippen LogP contribution in [0.1, 0.15) is 67.3 Å². The quantitative estimate of drug-likeness (QED) is 0.291. The van der Waals surface area contributed by atoms with Crippen molar-refractivity contribution in [3.05, 3.63) is 79.8 Å². The van der Waals surface area contributed by atoms with Gasteiger partial charge in [0.1, 0.15) is 0 Å². The molecular weight excluding hydrogens is 560 g/mol. The monoisotopic (exact) mass is 600 g/mol. The van der Waals surface area contributed by atoms with E-state index in [2.05, 4.69) is 26.9 Å². The van der Waals surface area contributed by atoms with Gasteiger partial charge in [0.15, 0.2) is 0 Å². The summed E-state index contributed by atoms with van der Waals surface area (Å²) in [7, 11) is 1.36. The van der Waals surface area contributed by atoms with Gasteiger partial charge in [0.25, 0.3) is 11.8 Å². The molecule has 2 atom stereocenters. The number of aliphatic carboxylic acids is 1. The summed E-state index contributed by atoms with van der Waals surface area (Å²) >= 11 is 0. The molecule has 4 heterocycles. The SMILES string of the molecule is C=CC1=C(C)C(Cc2[nH]c(C=c3[nH]c(=CC4=NC(=O)C(C)C4=CC)c(C)c3CCC(=O)O)c(CCC(=O)OC)c2C)NC1=O. The second-order valence-corrected chi connectivity index (χ2v) is 11.3. The van der Waals surface area contributed by atoms with Crippen LogP contribution in [0.5, 0.6) is 0 Å². The molecule has 2 amide bonds. The molecule has 2 aliphatic rings. The fourth-order valence-corrected chi connectivity index (χ4v) is 6.00. The molecule has 0 bridgehead atoms. The molecule has 0 fully saturated rings. The minimum absolute atomic E-state index is 0.0572. The number of ether oxygens (including phenoxy) is 1. The molecule has 10 heteroatoms. The number of carbonyl (C=O) groups excluding carboxylic acids is 3. The number of carboxylic acids is 1. The average molecular weight is 601 g/mol. The lowest BCUT2D eigenvalue weighted by molar-refractivity contribution is -0.140. The number of aliphatic imine (C=N–C) groups is 1. The van der Waals surface area contributed by atoms with E-state index in [-0.39, 0.29) is 42.6 Å². The molecule has 4 rings (SSSR count). The first-order valence-corrected chi connectivity index (χ1v) is 14.7. The fourth-order valence-electron chi connectivity index (χ4n) is 6.00. The highest BCUT2D eigenvalue weighted by molar-refractivity contribution is 6.29. The Balaban J connectivity index is 1.86. The number of esters is 1. The summed E-state index contributed by atoms with van der Waals surface area (Å²) in [6.45, 7) is 13.3. The second-order valence-electron chi connectivity index (χ2n) is 11.3. The smallest absolute Gasteiger partial charge is 0.305 e. The number of carboxylic acid groups (broad SMARTS) is 1. The van der Waals surface area contributed by atoms with E-state index in [1.54, 1.807) is 6.08 Å². The van der Waals surface area contributed by atoms with E-state index in [1.165, 1.54) is 7.11 Å². The van der Waals surface area contributed by atoms with Crippen molar-refractivity contribution in [2.24, 2.45) is 10.9 Å². The highest BCUT2D eigenvalue weighted by Crippen LogP contribution is 2.27. The number of hydrogen-bond acceptors (Lipinski definition) is 5. The summed E-state index contributed by atoms with van der Waals surface area (Å²) in [5.74, 6) is -1.90. The Morgan fingerprint density at radius 2 is 1.73 bits per heavy atom. The van der Waals surface area contributed by atoms with E-state index < -0.39 is 5.97 Å². The zero-order chi connectivity index (χ0) is 32.3. The third kappa shape index (κ3) is 6.44. The number of H-pyrrole nitrogens is 2. The number of allylic oxidation sites excluding steroid dienone is 1. The first-order valence-electron chi connectivity index (χ1n) is 14.7. The Bertz CT molecular complexity index is 1760. The van der Waals surface area contributed by atoms with Crippen LogP contribution in [0.3, 0.4) is 0 Å². The van der Waals surface area contributed by atoms with Gasteiger partial charge in [-0.2, -0.15) is 0 Å². The van der Waals surface area contributed by atoms with E-state index in [1.807, 2.05) is 52.8 Å². The second kappa shape index (κ2) is 13.3. The lowest BCUT2D eigenvalue weighted by Gasteiger charge is -2.12. The van der Waals surface area contributed by atoms with Gasteiger partial charge in [-0.3, -0.25) is 19.2 Å². The molecule has 2 aromatic heterocycles. The van der Waals surface area contributed by atoms with Crippen LogP contribution in [-0.2, 0) is 43.2 Å². The standard InChI is InChI=1S/C34H40N4O6/c1-8-21-20(6)33(42)38-28(21)15-26-18(4)23(10-12-31(39)40)29(36-26)16-30-24(11-13-32(41)44-7)19(5)25(35-30)14-27-17(3)22(9-2)34(43)37-27/h8-9,15-16,20,27,35-36H,2,10-14H2,1,3-7H3,(H,37,43)(H,39,40). The van der Waals surface area contributed by atoms with Crippen molar-refractivity contribution < 1.29 is 29.0 Å². The molecule has 2 unspecified atom stereocenters. The predicted octanol–water partition coefficient (Wildman–Crippen LogP) is 2.80.